The summed E-state index contributed by atoms with van der Waals surface area (Å²) in [5.41, 5.74) is 0. The van der Waals surface area contributed by atoms with Crippen molar-refractivity contribution in [3.05, 3.63) is 10.1 Å². The van der Waals surface area contributed by atoms with Gasteiger partial charge < -0.3 is 5.11 Å². The Balaban J connectivity index is 5.11. The molecule has 1 N–H and O–H groups in total. The standard InChI is InChI=1S/C5H4F7NO3/c6-3(7,2(14)1-13(15)16)4(8,9)5(10,11)12/h2,14H,1H2. The topological polar surface area (TPSA) is 63.4 Å². The Bertz CT molecular complexity index is 276. The monoisotopic (exact) mass is 259 g/mol. The number of hydrogen-bond acceptors (Lipinski definition) is 3. The third-order valence-electron chi connectivity index (χ3n) is 1.52. The van der Waals surface area contributed by atoms with Crippen LogP contribution in [0.4, 0.5) is 30.7 Å². The van der Waals surface area contributed by atoms with E-state index in [4.69, 9.17) is 5.11 Å². The molecule has 0 rings (SSSR count). The van der Waals surface area contributed by atoms with Crippen molar-refractivity contribution in [2.45, 2.75) is 24.1 Å². The number of aliphatic hydroxyl groups excluding tert-OH is 1. The Morgan fingerprint density at radius 1 is 1.12 bits per heavy atom. The number of nitrogens with zero attached hydrogens (tertiary/aromatic N) is 1. The Hall–Kier alpha value is -1.13. The van der Waals surface area contributed by atoms with Crippen molar-refractivity contribution in [1.29, 1.82) is 0 Å². The summed E-state index contributed by atoms with van der Waals surface area (Å²) in [5.74, 6) is -12.5. The second-order valence-corrected chi connectivity index (χ2v) is 2.73. The van der Waals surface area contributed by atoms with Crippen molar-refractivity contribution in [1.82, 2.24) is 0 Å². The number of alkyl halides is 7. The molecule has 0 aliphatic rings. The van der Waals surface area contributed by atoms with Gasteiger partial charge >= 0.3 is 18.0 Å². The van der Waals surface area contributed by atoms with Gasteiger partial charge in [0.1, 0.15) is 0 Å². The summed E-state index contributed by atoms with van der Waals surface area (Å²) in [7, 11) is 0. The maximum atomic E-state index is 12.4. The Morgan fingerprint density at radius 3 is 1.75 bits per heavy atom. The molecule has 0 fully saturated rings. The average molecular weight is 259 g/mol. The molecule has 1 atom stereocenters. The molecule has 96 valence electrons. The highest BCUT2D eigenvalue weighted by Gasteiger charge is 2.76. The molecular formula is C5H4F7NO3. The molecule has 0 aromatic heterocycles. The van der Waals surface area contributed by atoms with Crippen LogP contribution < -0.4 is 0 Å². The van der Waals surface area contributed by atoms with Gasteiger partial charge in [0.15, 0.2) is 6.10 Å². The highest BCUT2D eigenvalue weighted by atomic mass is 19.4. The molecule has 0 saturated carbocycles. The average Bonchev–Trinajstić information content (AvgIpc) is 2.00. The number of halogens is 7. The molecule has 16 heavy (non-hydrogen) atoms. The zero-order valence-electron chi connectivity index (χ0n) is 7.14. The molecule has 0 spiro atoms. The van der Waals surface area contributed by atoms with E-state index < -0.39 is 35.6 Å². The highest BCUT2D eigenvalue weighted by Crippen LogP contribution is 2.47. The first kappa shape index (κ1) is 14.9. The molecule has 1 unspecified atom stereocenters. The van der Waals surface area contributed by atoms with Gasteiger partial charge in [-0.3, -0.25) is 10.1 Å². The molecule has 11 heteroatoms. The number of nitro groups is 1. The summed E-state index contributed by atoms with van der Waals surface area (Å²) in [5, 5.41) is 17.9. The molecule has 0 aliphatic heterocycles. The van der Waals surface area contributed by atoms with Crippen LogP contribution in [0.15, 0.2) is 0 Å². The number of hydrogen-bond donors (Lipinski definition) is 1. The maximum Gasteiger partial charge on any atom is 0.459 e. The number of aliphatic hydroxyl groups is 1. The van der Waals surface area contributed by atoms with Gasteiger partial charge in [0.2, 0.25) is 6.54 Å². The lowest BCUT2D eigenvalue weighted by atomic mass is 10.1. The third kappa shape index (κ3) is 2.51. The van der Waals surface area contributed by atoms with Crippen LogP contribution in [0.2, 0.25) is 0 Å². The second-order valence-electron chi connectivity index (χ2n) is 2.73. The molecule has 0 aromatic carbocycles. The summed E-state index contributed by atoms with van der Waals surface area (Å²) in [6, 6.07) is 0. The van der Waals surface area contributed by atoms with Crippen molar-refractivity contribution < 1.29 is 40.8 Å². The van der Waals surface area contributed by atoms with Crippen molar-refractivity contribution in [3.63, 3.8) is 0 Å². The molecule has 4 nitrogen and oxygen atoms in total. The van der Waals surface area contributed by atoms with E-state index in [9.17, 15) is 40.8 Å². The van der Waals surface area contributed by atoms with Gasteiger partial charge in [-0.2, -0.15) is 30.7 Å². The van der Waals surface area contributed by atoms with Crippen molar-refractivity contribution in [2.24, 2.45) is 0 Å². The van der Waals surface area contributed by atoms with Crippen LogP contribution in [0, 0.1) is 10.1 Å². The van der Waals surface area contributed by atoms with Crippen molar-refractivity contribution >= 4 is 0 Å². The highest BCUT2D eigenvalue weighted by molar-refractivity contribution is 4.95. The minimum absolute atomic E-state index is 1.63. The molecule has 0 bridgehead atoms. The van der Waals surface area contributed by atoms with Crippen LogP contribution in [0.1, 0.15) is 0 Å². The van der Waals surface area contributed by atoms with E-state index in [-0.39, 0.29) is 0 Å². The normalized spacial score (nSPS) is 16.0. The van der Waals surface area contributed by atoms with E-state index in [2.05, 4.69) is 0 Å². The predicted molar refractivity (Wildman–Crippen MR) is 33.8 cm³/mol. The van der Waals surface area contributed by atoms with Gasteiger partial charge in [-0.15, -0.1) is 0 Å². The summed E-state index contributed by atoms with van der Waals surface area (Å²) in [6.45, 7) is -2.13. The molecule has 0 heterocycles. The lowest BCUT2D eigenvalue weighted by molar-refractivity contribution is -0.504. The van der Waals surface area contributed by atoms with Crippen LogP contribution in [0.3, 0.4) is 0 Å². The molecule has 0 radical (unpaired) electrons. The van der Waals surface area contributed by atoms with E-state index >= 15 is 0 Å². The van der Waals surface area contributed by atoms with Crippen LogP contribution in [0.25, 0.3) is 0 Å². The first-order chi connectivity index (χ1) is 6.84. The minimum atomic E-state index is -6.62. The lowest BCUT2D eigenvalue weighted by Crippen LogP contribution is -2.59. The Morgan fingerprint density at radius 2 is 1.50 bits per heavy atom. The summed E-state index contributed by atoms with van der Waals surface area (Å²) >= 11 is 0. The van der Waals surface area contributed by atoms with Crippen molar-refractivity contribution in [2.75, 3.05) is 6.54 Å². The lowest BCUT2D eigenvalue weighted by Gasteiger charge is -2.29. The second kappa shape index (κ2) is 4.03. The fourth-order valence-corrected chi connectivity index (χ4v) is 0.654. The maximum absolute atomic E-state index is 12.4. The molecule has 0 aliphatic carbocycles. The van der Waals surface area contributed by atoms with Gasteiger partial charge in [-0.25, -0.2) is 0 Å². The molecular weight excluding hydrogens is 255 g/mol. The number of rotatable bonds is 4. The summed E-state index contributed by atoms with van der Waals surface area (Å²) in [6.07, 6.45) is -10.4. The summed E-state index contributed by atoms with van der Waals surface area (Å²) in [4.78, 5) is 7.99. The van der Waals surface area contributed by atoms with Gasteiger partial charge in [0.25, 0.3) is 0 Å². The largest absolute Gasteiger partial charge is 0.459 e. The van der Waals surface area contributed by atoms with Crippen LogP contribution >= 0.6 is 0 Å². The minimum Gasteiger partial charge on any atom is -0.380 e. The van der Waals surface area contributed by atoms with Crippen LogP contribution in [-0.4, -0.2) is 40.7 Å². The quantitative estimate of drug-likeness (QED) is 0.472. The van der Waals surface area contributed by atoms with E-state index in [1.807, 2.05) is 0 Å². The molecule has 0 saturated heterocycles. The first-order valence-corrected chi connectivity index (χ1v) is 3.46. The Kier molecular flexibility index (Phi) is 3.75. The van der Waals surface area contributed by atoms with Crippen molar-refractivity contribution in [3.8, 4) is 0 Å². The van der Waals surface area contributed by atoms with Crippen LogP contribution in [0.5, 0.6) is 0 Å². The predicted octanol–water partition coefficient (Wildman–Crippen LogP) is 1.46. The van der Waals surface area contributed by atoms with Gasteiger partial charge in [0, 0.05) is 4.92 Å². The fraction of sp³-hybridized carbons (Fsp3) is 1.00. The third-order valence-corrected chi connectivity index (χ3v) is 1.52. The zero-order valence-corrected chi connectivity index (χ0v) is 7.14. The van der Waals surface area contributed by atoms with E-state index in [1.165, 1.54) is 0 Å². The SMILES string of the molecule is O=[N+]([O-])CC(O)C(F)(F)C(F)(F)C(F)(F)F. The summed E-state index contributed by atoms with van der Waals surface area (Å²) < 4.78 is 83.7. The Labute approximate surface area is 82.8 Å². The van der Waals surface area contributed by atoms with E-state index in [1.54, 1.807) is 0 Å². The smallest absolute Gasteiger partial charge is 0.380 e. The zero-order chi connectivity index (χ0) is 13.4. The van der Waals surface area contributed by atoms with E-state index in [0.29, 0.717) is 0 Å². The molecule has 0 aromatic rings. The molecule has 0 amide bonds. The van der Waals surface area contributed by atoms with E-state index in [0.717, 1.165) is 0 Å². The first-order valence-electron chi connectivity index (χ1n) is 3.46. The van der Waals surface area contributed by atoms with Crippen LogP contribution in [-0.2, 0) is 0 Å². The van der Waals surface area contributed by atoms with Gasteiger partial charge in [-0.1, -0.05) is 0 Å². The van der Waals surface area contributed by atoms with Gasteiger partial charge in [-0.05, 0) is 0 Å². The van der Waals surface area contributed by atoms with Gasteiger partial charge in [0.05, 0.1) is 0 Å². The fourth-order valence-electron chi connectivity index (χ4n) is 0.654.